The van der Waals surface area contributed by atoms with E-state index in [2.05, 4.69) is 0 Å². The van der Waals surface area contributed by atoms with Crippen molar-refractivity contribution in [3.63, 3.8) is 0 Å². The molecule has 0 saturated heterocycles. The average molecular weight is 265 g/mol. The summed E-state index contributed by atoms with van der Waals surface area (Å²) in [7, 11) is 0. The van der Waals surface area contributed by atoms with Crippen LogP contribution in [0.25, 0.3) is 0 Å². The Morgan fingerprint density at radius 3 is 1.25 bits per heavy atom. The molecule has 0 spiro atoms. The van der Waals surface area contributed by atoms with Gasteiger partial charge in [-0.15, -0.1) is 0 Å². The molecule has 0 unspecified atom stereocenters. The monoisotopic (exact) mass is 265 g/mol. The average Bonchev–Trinajstić information content (AvgIpc) is 1.99. The third-order valence-corrected chi connectivity index (χ3v) is 4.31. The number of carbonyl (C=O) groups is 2. The van der Waals surface area contributed by atoms with Crippen molar-refractivity contribution in [1.82, 2.24) is 0 Å². The van der Waals surface area contributed by atoms with Crippen LogP contribution in [0.3, 0.4) is 0 Å². The van der Waals surface area contributed by atoms with Crippen LogP contribution in [0.5, 0.6) is 0 Å². The molecule has 0 bridgehead atoms. The predicted octanol–water partition coefficient (Wildman–Crippen LogP) is 3.02. The van der Waals surface area contributed by atoms with Gasteiger partial charge in [-0.05, 0) is 0 Å². The van der Waals surface area contributed by atoms with Crippen molar-refractivity contribution in [2.24, 2.45) is 10.8 Å². The Balaban J connectivity index is 4.32. The number of hydrogen-bond acceptors (Lipinski definition) is 3. The standard InChI is InChI=1S/2C6H11O.O.V/c2*1-5(7)6(2,3)4;;/h2*1H2,2-4H3;;. The van der Waals surface area contributed by atoms with Crippen LogP contribution in [-0.2, 0) is 28.4 Å². The van der Waals surface area contributed by atoms with Crippen molar-refractivity contribution in [2.75, 3.05) is 0 Å². The van der Waals surface area contributed by atoms with Gasteiger partial charge in [0.1, 0.15) is 0 Å². The topological polar surface area (TPSA) is 51.2 Å². The summed E-state index contributed by atoms with van der Waals surface area (Å²) in [5.41, 5.74) is -0.912. The zero-order chi connectivity index (χ0) is 13.1. The first kappa shape index (κ1) is 15.7. The van der Waals surface area contributed by atoms with Gasteiger partial charge in [-0.2, -0.15) is 0 Å². The minimum absolute atomic E-state index is 0.00999. The molecule has 0 aromatic heterocycles. The van der Waals surface area contributed by atoms with E-state index in [0.29, 0.717) is 0 Å². The summed E-state index contributed by atoms with van der Waals surface area (Å²) in [6, 6.07) is 0. The molecule has 4 heteroatoms. The zero-order valence-electron chi connectivity index (χ0n) is 11.1. The minimum atomic E-state index is -2.53. The SMILES string of the molecule is CC(C)(C)C(=O)[CH2][V](=[O])[CH2]C(=O)C(C)(C)C. The molecule has 0 fully saturated rings. The second kappa shape index (κ2) is 5.37. The fourth-order valence-electron chi connectivity index (χ4n) is 0.851. The maximum atomic E-state index is 11.7. The Morgan fingerprint density at radius 2 is 1.06 bits per heavy atom. The number of ketones is 2. The Hall–Kier alpha value is -0.276. The molecule has 0 aromatic carbocycles. The molecular formula is C12H22O3V. The van der Waals surface area contributed by atoms with E-state index in [-0.39, 0.29) is 21.8 Å². The van der Waals surface area contributed by atoms with Gasteiger partial charge in [-0.1, -0.05) is 0 Å². The van der Waals surface area contributed by atoms with E-state index in [1.54, 1.807) is 0 Å². The summed E-state index contributed by atoms with van der Waals surface area (Å²) in [4.78, 5) is 23.3. The summed E-state index contributed by atoms with van der Waals surface area (Å²) in [5.74, 6) is -0.0200. The summed E-state index contributed by atoms with van der Waals surface area (Å²) < 4.78 is 11.7. The normalized spacial score (nSPS) is 12.4. The molecule has 16 heavy (non-hydrogen) atoms. The number of carbonyl (C=O) groups excluding carboxylic acids is 2. The van der Waals surface area contributed by atoms with Crippen LogP contribution in [0, 0.1) is 10.8 Å². The third kappa shape index (κ3) is 5.71. The van der Waals surface area contributed by atoms with Crippen LogP contribution in [0.15, 0.2) is 0 Å². The van der Waals surface area contributed by atoms with Gasteiger partial charge < -0.3 is 0 Å². The molecular weight excluding hydrogens is 243 g/mol. The molecule has 93 valence electrons. The molecule has 0 saturated carbocycles. The number of rotatable bonds is 4. The predicted molar refractivity (Wildman–Crippen MR) is 59.2 cm³/mol. The van der Waals surface area contributed by atoms with E-state index in [1.165, 1.54) is 0 Å². The molecule has 0 radical (unpaired) electrons. The van der Waals surface area contributed by atoms with Gasteiger partial charge in [0.15, 0.2) is 0 Å². The second-order valence-corrected chi connectivity index (χ2v) is 8.64. The Morgan fingerprint density at radius 1 is 0.812 bits per heavy atom. The van der Waals surface area contributed by atoms with Crippen molar-refractivity contribution in [1.29, 1.82) is 0 Å². The Labute approximate surface area is 103 Å². The van der Waals surface area contributed by atoms with E-state index in [1.807, 2.05) is 41.5 Å². The molecule has 0 heterocycles. The van der Waals surface area contributed by atoms with Crippen LogP contribution in [-0.4, -0.2) is 11.6 Å². The van der Waals surface area contributed by atoms with Gasteiger partial charge in [0.05, 0.1) is 0 Å². The van der Waals surface area contributed by atoms with Gasteiger partial charge >= 0.3 is 103 Å². The van der Waals surface area contributed by atoms with Gasteiger partial charge in [0.2, 0.25) is 0 Å². The first-order chi connectivity index (χ1) is 6.94. The van der Waals surface area contributed by atoms with Crippen LogP contribution < -0.4 is 0 Å². The van der Waals surface area contributed by atoms with Crippen molar-refractivity contribution in [3.05, 3.63) is 0 Å². The van der Waals surface area contributed by atoms with E-state index in [9.17, 15) is 13.3 Å². The molecule has 0 aliphatic heterocycles. The van der Waals surface area contributed by atoms with E-state index >= 15 is 0 Å². The fraction of sp³-hybridized carbons (Fsp3) is 0.833. The Kier molecular flexibility index (Phi) is 5.28. The molecule has 0 amide bonds. The van der Waals surface area contributed by atoms with Gasteiger partial charge in [0.25, 0.3) is 0 Å². The maximum absolute atomic E-state index is 11.7. The summed E-state index contributed by atoms with van der Waals surface area (Å²) in [5, 5.41) is 0.191. The first-order valence-electron chi connectivity index (χ1n) is 5.43. The molecule has 3 nitrogen and oxygen atoms in total. The van der Waals surface area contributed by atoms with E-state index < -0.39 is 25.9 Å². The Bertz CT molecular complexity index is 275. The van der Waals surface area contributed by atoms with Crippen LogP contribution >= 0.6 is 0 Å². The van der Waals surface area contributed by atoms with Crippen molar-refractivity contribution >= 4 is 11.6 Å². The molecule has 0 rings (SSSR count). The van der Waals surface area contributed by atoms with E-state index in [0.717, 1.165) is 0 Å². The number of Topliss-reactive ketones (excluding diaryl/α,β-unsaturated/α-hetero) is 2. The van der Waals surface area contributed by atoms with Crippen LogP contribution in [0.4, 0.5) is 0 Å². The summed E-state index contributed by atoms with van der Waals surface area (Å²) in [6.45, 7) is 10.9. The van der Waals surface area contributed by atoms with Crippen LogP contribution in [0.1, 0.15) is 41.5 Å². The molecule has 0 atom stereocenters. The van der Waals surface area contributed by atoms with Crippen molar-refractivity contribution < 1.29 is 28.4 Å². The van der Waals surface area contributed by atoms with Gasteiger partial charge in [-0.25, -0.2) is 0 Å². The second-order valence-electron chi connectivity index (χ2n) is 6.14. The fourth-order valence-corrected chi connectivity index (χ4v) is 3.51. The van der Waals surface area contributed by atoms with E-state index in [4.69, 9.17) is 0 Å². The van der Waals surface area contributed by atoms with Gasteiger partial charge in [0, 0.05) is 0 Å². The van der Waals surface area contributed by atoms with Crippen molar-refractivity contribution in [3.8, 4) is 0 Å². The molecule has 0 aliphatic carbocycles. The zero-order valence-corrected chi connectivity index (χ0v) is 12.5. The summed E-state index contributed by atoms with van der Waals surface area (Å²) in [6.07, 6.45) is 0. The molecule has 0 aromatic rings. The summed E-state index contributed by atoms with van der Waals surface area (Å²) >= 11 is -2.53. The van der Waals surface area contributed by atoms with Crippen LogP contribution in [0.2, 0.25) is 10.3 Å². The quantitative estimate of drug-likeness (QED) is 0.785. The third-order valence-electron chi connectivity index (χ3n) is 2.31. The molecule has 0 aliphatic rings. The number of hydrogen-bond donors (Lipinski definition) is 0. The first-order valence-corrected chi connectivity index (χ1v) is 7.98. The molecule has 0 N–H and O–H groups in total. The van der Waals surface area contributed by atoms with Crippen molar-refractivity contribution in [2.45, 2.75) is 51.8 Å². The van der Waals surface area contributed by atoms with Gasteiger partial charge in [-0.3, -0.25) is 0 Å².